The summed E-state index contributed by atoms with van der Waals surface area (Å²) in [5, 5.41) is 4.02. The van der Waals surface area contributed by atoms with Crippen LogP contribution in [0.1, 0.15) is 38.4 Å². The number of hydrazone groups is 1. The van der Waals surface area contributed by atoms with Crippen molar-refractivity contribution in [1.29, 1.82) is 0 Å². The smallest absolute Gasteiger partial charge is 0.274 e. The molecule has 0 unspecified atom stereocenters. The lowest BCUT2D eigenvalue weighted by atomic mass is 10.0. The Morgan fingerprint density at radius 3 is 2.40 bits per heavy atom. The van der Waals surface area contributed by atoms with Gasteiger partial charge in [0, 0.05) is 5.56 Å². The molecule has 0 atom stereocenters. The van der Waals surface area contributed by atoms with Gasteiger partial charge in [0.25, 0.3) is 5.91 Å². The average molecular weight is 270 g/mol. The standard InChI is InChI=1S/C16H18N2O2/c1-10-7-11(2)15(12(3)8-10)9-17-18-16(19)14-5-6-20-13(14)4/h5-9H,1-4H3,(H,18,19)/b17-9+. The van der Waals surface area contributed by atoms with E-state index >= 15 is 0 Å². The second kappa shape index (κ2) is 5.74. The maximum Gasteiger partial charge on any atom is 0.274 e. The summed E-state index contributed by atoms with van der Waals surface area (Å²) in [6.07, 6.45) is 3.17. The van der Waals surface area contributed by atoms with E-state index in [0.29, 0.717) is 11.3 Å². The van der Waals surface area contributed by atoms with Gasteiger partial charge in [0.15, 0.2) is 0 Å². The number of aryl methyl sites for hydroxylation is 4. The SMILES string of the molecule is Cc1cc(C)c(/C=N/NC(=O)c2ccoc2C)c(C)c1. The Morgan fingerprint density at radius 2 is 1.85 bits per heavy atom. The Labute approximate surface area is 118 Å². The maximum atomic E-state index is 11.9. The molecule has 0 aliphatic heterocycles. The molecule has 1 aromatic heterocycles. The summed E-state index contributed by atoms with van der Waals surface area (Å²) in [5.41, 5.74) is 7.54. The van der Waals surface area contributed by atoms with Crippen LogP contribution >= 0.6 is 0 Å². The minimum atomic E-state index is -0.269. The highest BCUT2D eigenvalue weighted by atomic mass is 16.3. The van der Waals surface area contributed by atoms with Crippen molar-refractivity contribution in [3.63, 3.8) is 0 Å². The fraction of sp³-hybridized carbons (Fsp3) is 0.250. The molecule has 1 amide bonds. The third-order valence-corrected chi connectivity index (χ3v) is 3.20. The van der Waals surface area contributed by atoms with E-state index in [2.05, 4.69) is 29.6 Å². The van der Waals surface area contributed by atoms with Crippen molar-refractivity contribution in [2.75, 3.05) is 0 Å². The van der Waals surface area contributed by atoms with Crippen LogP contribution in [0.3, 0.4) is 0 Å². The lowest BCUT2D eigenvalue weighted by Crippen LogP contribution is -2.18. The first-order valence-electron chi connectivity index (χ1n) is 6.44. The van der Waals surface area contributed by atoms with E-state index in [1.807, 2.05) is 13.8 Å². The molecule has 20 heavy (non-hydrogen) atoms. The van der Waals surface area contributed by atoms with Crippen LogP contribution in [0.15, 0.2) is 34.0 Å². The van der Waals surface area contributed by atoms with Gasteiger partial charge in [-0.15, -0.1) is 0 Å². The van der Waals surface area contributed by atoms with Crippen LogP contribution in [0, 0.1) is 27.7 Å². The monoisotopic (exact) mass is 270 g/mol. The largest absolute Gasteiger partial charge is 0.469 e. The maximum absolute atomic E-state index is 11.9. The minimum absolute atomic E-state index is 0.269. The van der Waals surface area contributed by atoms with Crippen molar-refractivity contribution >= 4 is 12.1 Å². The third kappa shape index (κ3) is 2.96. The highest BCUT2D eigenvalue weighted by molar-refractivity contribution is 5.95. The topological polar surface area (TPSA) is 54.6 Å². The fourth-order valence-electron chi connectivity index (χ4n) is 2.23. The third-order valence-electron chi connectivity index (χ3n) is 3.20. The minimum Gasteiger partial charge on any atom is -0.469 e. The summed E-state index contributed by atoms with van der Waals surface area (Å²) < 4.78 is 5.09. The van der Waals surface area contributed by atoms with Crippen LogP contribution in [-0.4, -0.2) is 12.1 Å². The Kier molecular flexibility index (Phi) is 4.03. The van der Waals surface area contributed by atoms with Crippen LogP contribution in [-0.2, 0) is 0 Å². The summed E-state index contributed by atoms with van der Waals surface area (Å²) in [6.45, 7) is 7.87. The van der Waals surface area contributed by atoms with Gasteiger partial charge >= 0.3 is 0 Å². The van der Waals surface area contributed by atoms with Crippen molar-refractivity contribution in [3.05, 3.63) is 58.0 Å². The van der Waals surface area contributed by atoms with E-state index in [1.165, 1.54) is 11.8 Å². The van der Waals surface area contributed by atoms with Gasteiger partial charge in [0.05, 0.1) is 18.0 Å². The van der Waals surface area contributed by atoms with E-state index in [0.717, 1.165) is 16.7 Å². The molecule has 0 fully saturated rings. The molecule has 4 nitrogen and oxygen atoms in total. The highest BCUT2D eigenvalue weighted by Crippen LogP contribution is 2.14. The number of carbonyl (C=O) groups excluding carboxylic acids is 1. The average Bonchev–Trinajstić information content (AvgIpc) is 2.78. The van der Waals surface area contributed by atoms with Gasteiger partial charge in [0.2, 0.25) is 0 Å². The van der Waals surface area contributed by atoms with Gasteiger partial charge in [-0.2, -0.15) is 5.10 Å². The zero-order valence-corrected chi connectivity index (χ0v) is 12.2. The number of hydrogen-bond acceptors (Lipinski definition) is 3. The quantitative estimate of drug-likeness (QED) is 0.687. The van der Waals surface area contributed by atoms with Crippen molar-refractivity contribution in [3.8, 4) is 0 Å². The first-order chi connectivity index (χ1) is 9.49. The molecule has 1 aromatic carbocycles. The van der Waals surface area contributed by atoms with Crippen molar-refractivity contribution < 1.29 is 9.21 Å². The lowest BCUT2D eigenvalue weighted by molar-refractivity contribution is 0.0953. The van der Waals surface area contributed by atoms with Crippen LogP contribution in [0.5, 0.6) is 0 Å². The molecule has 0 saturated carbocycles. The molecule has 2 aromatic rings. The van der Waals surface area contributed by atoms with Gasteiger partial charge in [-0.1, -0.05) is 17.7 Å². The Hall–Kier alpha value is -2.36. The zero-order valence-electron chi connectivity index (χ0n) is 12.2. The van der Waals surface area contributed by atoms with E-state index in [1.54, 1.807) is 19.2 Å². The molecule has 4 heteroatoms. The molecule has 0 aliphatic rings. The molecule has 0 radical (unpaired) electrons. The molecule has 0 bridgehead atoms. The molecule has 104 valence electrons. The van der Waals surface area contributed by atoms with Gasteiger partial charge in [0.1, 0.15) is 5.76 Å². The van der Waals surface area contributed by atoms with Gasteiger partial charge in [-0.05, 0) is 44.9 Å². The van der Waals surface area contributed by atoms with Crippen LogP contribution < -0.4 is 5.43 Å². The number of hydrogen-bond donors (Lipinski definition) is 1. The molecule has 0 spiro atoms. The molecule has 1 heterocycles. The first-order valence-corrected chi connectivity index (χ1v) is 6.44. The lowest BCUT2D eigenvalue weighted by Gasteiger charge is -2.06. The van der Waals surface area contributed by atoms with Gasteiger partial charge in [-0.25, -0.2) is 5.43 Å². The Morgan fingerprint density at radius 1 is 1.20 bits per heavy atom. The number of benzene rings is 1. The zero-order chi connectivity index (χ0) is 14.7. The first kappa shape index (κ1) is 14.1. The van der Waals surface area contributed by atoms with Gasteiger partial charge in [-0.3, -0.25) is 4.79 Å². The Balaban J connectivity index is 2.12. The molecule has 0 saturated heterocycles. The summed E-state index contributed by atoms with van der Waals surface area (Å²) in [6, 6.07) is 5.81. The van der Waals surface area contributed by atoms with E-state index in [-0.39, 0.29) is 5.91 Å². The summed E-state index contributed by atoms with van der Waals surface area (Å²) in [5.74, 6) is 0.315. The predicted octanol–water partition coefficient (Wildman–Crippen LogP) is 3.28. The summed E-state index contributed by atoms with van der Waals surface area (Å²) >= 11 is 0. The predicted molar refractivity (Wildman–Crippen MR) is 79.2 cm³/mol. The van der Waals surface area contributed by atoms with Crippen LogP contribution in [0.4, 0.5) is 0 Å². The Bertz CT molecular complexity index is 646. The second-order valence-corrected chi connectivity index (χ2v) is 4.90. The van der Waals surface area contributed by atoms with E-state index in [9.17, 15) is 4.79 Å². The fourth-order valence-corrected chi connectivity index (χ4v) is 2.23. The van der Waals surface area contributed by atoms with Crippen LogP contribution in [0.2, 0.25) is 0 Å². The molecule has 2 rings (SSSR count). The molecular formula is C16H18N2O2. The highest BCUT2D eigenvalue weighted by Gasteiger charge is 2.10. The molecular weight excluding hydrogens is 252 g/mol. The van der Waals surface area contributed by atoms with Crippen molar-refractivity contribution in [1.82, 2.24) is 5.43 Å². The normalized spacial score (nSPS) is 11.0. The number of amides is 1. The number of nitrogens with one attached hydrogen (secondary N) is 1. The van der Waals surface area contributed by atoms with Crippen molar-refractivity contribution in [2.45, 2.75) is 27.7 Å². The summed E-state index contributed by atoms with van der Waals surface area (Å²) in [4.78, 5) is 11.9. The van der Waals surface area contributed by atoms with E-state index < -0.39 is 0 Å². The second-order valence-electron chi connectivity index (χ2n) is 4.90. The number of carbonyl (C=O) groups is 1. The van der Waals surface area contributed by atoms with Crippen molar-refractivity contribution in [2.24, 2.45) is 5.10 Å². The van der Waals surface area contributed by atoms with E-state index in [4.69, 9.17) is 4.42 Å². The number of rotatable bonds is 3. The molecule has 0 aliphatic carbocycles. The molecule has 1 N–H and O–H groups in total. The summed E-state index contributed by atoms with van der Waals surface area (Å²) in [7, 11) is 0. The number of nitrogens with zero attached hydrogens (tertiary/aromatic N) is 1. The number of furan rings is 1. The van der Waals surface area contributed by atoms with Gasteiger partial charge < -0.3 is 4.42 Å². The van der Waals surface area contributed by atoms with Crippen LogP contribution in [0.25, 0.3) is 0 Å².